The fourth-order valence-electron chi connectivity index (χ4n) is 3.25. The van der Waals surface area contributed by atoms with E-state index in [9.17, 15) is 18.3 Å². The summed E-state index contributed by atoms with van der Waals surface area (Å²) in [6.45, 7) is 4.80. The van der Waals surface area contributed by atoms with Gasteiger partial charge in [-0.25, -0.2) is 4.79 Å². The van der Waals surface area contributed by atoms with Crippen LogP contribution in [-0.4, -0.2) is 45.0 Å². The molecule has 0 aliphatic heterocycles. The molecule has 30 heavy (non-hydrogen) atoms. The average Bonchev–Trinajstić information content (AvgIpc) is 2.69. The van der Waals surface area contributed by atoms with Crippen LogP contribution in [0, 0.1) is 0 Å². The van der Waals surface area contributed by atoms with Crippen LogP contribution in [0.25, 0.3) is 0 Å². The molecule has 0 aliphatic rings. The lowest BCUT2D eigenvalue weighted by Crippen LogP contribution is -2.30. The molecule has 0 saturated heterocycles. The molecule has 0 spiro atoms. The molecule has 2 unspecified atom stereocenters. The zero-order valence-electron chi connectivity index (χ0n) is 17.5. The molecule has 2 aromatic carbocycles. The Labute approximate surface area is 178 Å². The van der Waals surface area contributed by atoms with Crippen LogP contribution < -0.4 is 9.50 Å². The second kappa shape index (κ2) is 11.0. The highest BCUT2D eigenvalue weighted by atomic mass is 32.2. The van der Waals surface area contributed by atoms with Crippen molar-refractivity contribution < 1.29 is 27.2 Å². The van der Waals surface area contributed by atoms with E-state index in [1.54, 1.807) is 19.1 Å². The van der Waals surface area contributed by atoms with E-state index in [1.807, 2.05) is 43.3 Å². The average molecular weight is 436 g/mol. The first-order valence-corrected chi connectivity index (χ1v) is 11.7. The normalized spacial score (nSPS) is 13.4. The summed E-state index contributed by atoms with van der Waals surface area (Å²) in [6, 6.07) is 14.7. The number of hydrogen-bond donors (Lipinski definition) is 2. The third-order valence-electron chi connectivity index (χ3n) is 4.65. The molecule has 8 heteroatoms. The SMILES string of the molecule is CCOC(C(=O)O)C(CC)c1ccc(NCCc2ccc(OS(C)(=O)=O)cc2)cc1. The molecule has 2 rings (SSSR count). The van der Waals surface area contributed by atoms with Crippen LogP contribution in [0.3, 0.4) is 0 Å². The van der Waals surface area contributed by atoms with Gasteiger partial charge >= 0.3 is 16.1 Å². The number of benzene rings is 2. The van der Waals surface area contributed by atoms with E-state index >= 15 is 0 Å². The Morgan fingerprint density at radius 2 is 1.70 bits per heavy atom. The van der Waals surface area contributed by atoms with Crippen molar-refractivity contribution in [2.75, 3.05) is 24.7 Å². The van der Waals surface area contributed by atoms with Crippen molar-refractivity contribution in [1.82, 2.24) is 0 Å². The minimum atomic E-state index is -3.52. The first-order valence-electron chi connectivity index (χ1n) is 9.90. The Morgan fingerprint density at radius 1 is 1.07 bits per heavy atom. The lowest BCUT2D eigenvalue weighted by Gasteiger charge is -2.23. The van der Waals surface area contributed by atoms with Crippen molar-refractivity contribution in [3.63, 3.8) is 0 Å². The maximum absolute atomic E-state index is 11.5. The van der Waals surface area contributed by atoms with Crippen LogP contribution in [0.1, 0.15) is 37.3 Å². The smallest absolute Gasteiger partial charge is 0.333 e. The second-order valence-corrected chi connectivity index (χ2v) is 8.53. The lowest BCUT2D eigenvalue weighted by atomic mass is 9.90. The van der Waals surface area contributed by atoms with Gasteiger partial charge in [-0.15, -0.1) is 0 Å². The fraction of sp³-hybridized carbons (Fsp3) is 0.409. The summed E-state index contributed by atoms with van der Waals surface area (Å²) in [5.41, 5.74) is 2.92. The maximum Gasteiger partial charge on any atom is 0.333 e. The maximum atomic E-state index is 11.5. The standard InChI is InChI=1S/C22H29NO6S/c1-4-20(21(22(24)25)28-5-2)17-8-10-18(11-9-17)23-15-14-16-6-12-19(13-7-16)29-30(3,26)27/h6-13,20-21,23H,4-5,14-15H2,1-3H3,(H,24,25). The summed E-state index contributed by atoms with van der Waals surface area (Å²) in [7, 11) is -3.52. The molecule has 0 fully saturated rings. The summed E-state index contributed by atoms with van der Waals surface area (Å²) >= 11 is 0. The monoisotopic (exact) mass is 435 g/mol. The van der Waals surface area contributed by atoms with Gasteiger partial charge in [0.1, 0.15) is 5.75 Å². The molecule has 0 saturated carbocycles. The topological polar surface area (TPSA) is 102 Å². The highest BCUT2D eigenvalue weighted by Crippen LogP contribution is 2.27. The van der Waals surface area contributed by atoms with Gasteiger partial charge < -0.3 is 19.3 Å². The molecule has 2 atom stereocenters. The lowest BCUT2D eigenvalue weighted by molar-refractivity contribution is -0.151. The predicted molar refractivity (Wildman–Crippen MR) is 117 cm³/mol. The van der Waals surface area contributed by atoms with Gasteiger partial charge in [-0.2, -0.15) is 8.42 Å². The number of anilines is 1. The number of carboxylic acids is 1. The Hall–Kier alpha value is -2.58. The molecule has 0 amide bonds. The van der Waals surface area contributed by atoms with E-state index in [2.05, 4.69) is 5.32 Å². The minimum absolute atomic E-state index is 0.204. The number of ether oxygens (including phenoxy) is 1. The Balaban J connectivity index is 1.92. The van der Waals surface area contributed by atoms with Gasteiger partial charge in [-0.1, -0.05) is 31.2 Å². The van der Waals surface area contributed by atoms with E-state index < -0.39 is 22.2 Å². The number of carboxylic acid groups (broad SMARTS) is 1. The molecule has 0 radical (unpaired) electrons. The number of carbonyl (C=O) groups is 1. The summed E-state index contributed by atoms with van der Waals surface area (Å²) in [4.78, 5) is 11.5. The van der Waals surface area contributed by atoms with Gasteiger partial charge in [0.2, 0.25) is 0 Å². The van der Waals surface area contributed by atoms with Crippen molar-refractivity contribution in [3.05, 3.63) is 59.7 Å². The molecule has 2 N–H and O–H groups in total. The van der Waals surface area contributed by atoms with Gasteiger partial charge in [0.15, 0.2) is 6.10 Å². The van der Waals surface area contributed by atoms with E-state index in [-0.39, 0.29) is 5.92 Å². The fourth-order valence-corrected chi connectivity index (χ4v) is 3.71. The summed E-state index contributed by atoms with van der Waals surface area (Å²) in [6.07, 6.45) is 1.58. The molecule has 0 aromatic heterocycles. The molecular weight excluding hydrogens is 406 g/mol. The Bertz CT molecular complexity index is 910. The molecular formula is C22H29NO6S. The van der Waals surface area contributed by atoms with E-state index in [0.717, 1.165) is 29.5 Å². The van der Waals surface area contributed by atoms with Gasteiger partial charge in [0, 0.05) is 24.8 Å². The molecule has 0 bridgehead atoms. The minimum Gasteiger partial charge on any atom is -0.479 e. The first-order chi connectivity index (χ1) is 14.2. The number of aliphatic carboxylic acids is 1. The summed E-state index contributed by atoms with van der Waals surface area (Å²) < 4.78 is 32.5. The quantitative estimate of drug-likeness (QED) is 0.491. The summed E-state index contributed by atoms with van der Waals surface area (Å²) in [5, 5.41) is 12.8. The predicted octanol–water partition coefficient (Wildman–Crippen LogP) is 3.66. The van der Waals surface area contributed by atoms with Gasteiger partial charge in [0.25, 0.3) is 0 Å². The molecule has 0 aliphatic carbocycles. The molecule has 164 valence electrons. The Kier molecular flexibility index (Phi) is 8.68. The van der Waals surface area contributed by atoms with Crippen LogP contribution >= 0.6 is 0 Å². The number of nitrogens with one attached hydrogen (secondary N) is 1. The van der Waals surface area contributed by atoms with Crippen molar-refractivity contribution in [1.29, 1.82) is 0 Å². The van der Waals surface area contributed by atoms with Crippen LogP contribution in [0.15, 0.2) is 48.5 Å². The van der Waals surface area contributed by atoms with Crippen LogP contribution in [0.5, 0.6) is 5.75 Å². The largest absolute Gasteiger partial charge is 0.479 e. The zero-order valence-corrected chi connectivity index (χ0v) is 18.3. The van der Waals surface area contributed by atoms with Crippen molar-refractivity contribution in [2.45, 2.75) is 38.7 Å². The van der Waals surface area contributed by atoms with Gasteiger partial charge in [-0.3, -0.25) is 0 Å². The van der Waals surface area contributed by atoms with Crippen molar-refractivity contribution >= 4 is 21.8 Å². The van der Waals surface area contributed by atoms with E-state index in [1.165, 1.54) is 0 Å². The molecule has 0 heterocycles. The van der Waals surface area contributed by atoms with Crippen LogP contribution in [0.2, 0.25) is 0 Å². The highest BCUT2D eigenvalue weighted by Gasteiger charge is 2.28. The zero-order chi connectivity index (χ0) is 22.1. The third kappa shape index (κ3) is 7.35. The van der Waals surface area contributed by atoms with E-state index in [0.29, 0.717) is 25.3 Å². The second-order valence-electron chi connectivity index (χ2n) is 6.96. The van der Waals surface area contributed by atoms with E-state index in [4.69, 9.17) is 8.92 Å². The third-order valence-corrected chi connectivity index (χ3v) is 5.14. The van der Waals surface area contributed by atoms with Gasteiger partial charge in [-0.05, 0) is 55.2 Å². The first kappa shape index (κ1) is 23.7. The van der Waals surface area contributed by atoms with Crippen molar-refractivity contribution in [2.24, 2.45) is 0 Å². The van der Waals surface area contributed by atoms with Gasteiger partial charge in [0.05, 0.1) is 6.26 Å². The number of rotatable bonds is 12. The molecule has 2 aromatic rings. The molecule has 7 nitrogen and oxygen atoms in total. The summed E-state index contributed by atoms with van der Waals surface area (Å²) in [5.74, 6) is -0.856. The van der Waals surface area contributed by atoms with Crippen LogP contribution in [0.4, 0.5) is 5.69 Å². The Morgan fingerprint density at radius 3 is 2.20 bits per heavy atom. The number of hydrogen-bond acceptors (Lipinski definition) is 6. The highest BCUT2D eigenvalue weighted by molar-refractivity contribution is 7.86. The van der Waals surface area contributed by atoms with Crippen LogP contribution in [-0.2, 0) is 26.1 Å². The van der Waals surface area contributed by atoms with Crippen molar-refractivity contribution in [3.8, 4) is 5.75 Å².